The summed E-state index contributed by atoms with van der Waals surface area (Å²) in [6.45, 7) is 5.45. The lowest BCUT2D eigenvalue weighted by atomic mass is 9.74. The van der Waals surface area contributed by atoms with E-state index in [1.165, 1.54) is 49.7 Å². The quantitative estimate of drug-likeness (QED) is 0.220. The van der Waals surface area contributed by atoms with Crippen molar-refractivity contribution in [3.63, 3.8) is 0 Å². The summed E-state index contributed by atoms with van der Waals surface area (Å²) in [5.74, 6) is 1.98. The highest BCUT2D eigenvalue weighted by atomic mass is 19.1. The Hall–Kier alpha value is -4.11. The Balaban J connectivity index is 1.23. The maximum Gasteiger partial charge on any atom is 0.319 e. The van der Waals surface area contributed by atoms with Gasteiger partial charge in [-0.05, 0) is 81.5 Å². The van der Waals surface area contributed by atoms with Gasteiger partial charge in [-0.15, -0.1) is 6.42 Å². The number of terminal acetylenes is 1. The number of likely N-dealkylation sites (tertiary alicyclic amines) is 1. The van der Waals surface area contributed by atoms with Gasteiger partial charge in [0.15, 0.2) is 5.82 Å². The molecule has 3 unspecified atom stereocenters. The average Bonchev–Trinajstić information content (AvgIpc) is 3.43. The molecule has 4 aromatic rings. The second-order valence-corrected chi connectivity index (χ2v) is 15.1. The number of phenols is 1. The molecule has 2 aliphatic heterocycles. The second kappa shape index (κ2) is 12.9. The molecule has 4 aliphatic rings. The van der Waals surface area contributed by atoms with E-state index in [0.29, 0.717) is 42.4 Å². The number of fused-ring (bicyclic) bond motifs is 3. The fourth-order valence-electron chi connectivity index (χ4n) is 8.90. The van der Waals surface area contributed by atoms with Gasteiger partial charge in [0, 0.05) is 41.7 Å². The van der Waals surface area contributed by atoms with Crippen LogP contribution in [0.3, 0.4) is 0 Å². The first kappa shape index (κ1) is 33.1. The lowest BCUT2D eigenvalue weighted by molar-refractivity contribution is -0.0135. The van der Waals surface area contributed by atoms with Crippen LogP contribution in [-0.4, -0.2) is 87.7 Å². The van der Waals surface area contributed by atoms with E-state index in [9.17, 15) is 14.6 Å². The molecular formula is C39H43F2N5O4. The standard InChI is InChI=1S/C39H43F2N5O4/c1-3-27-30(40)11-10-25-17-26(47)18-28(32(25)27)34-33(41)35-29(19-42-34)36(46-15-16-49-22-38(2,48)21-46)44-37(43-35)50-23-39-12-5-9-31(39)45(14-6-13-39)20-24-7-4-8-24/h1,10-11,17-19,24,31,47-48H,4-9,12-16,20-23H2,2H3. The molecule has 2 aliphatic carbocycles. The molecule has 2 aromatic heterocycles. The Kier molecular flexibility index (Phi) is 8.53. The van der Waals surface area contributed by atoms with Gasteiger partial charge in [0.05, 0.1) is 37.3 Å². The summed E-state index contributed by atoms with van der Waals surface area (Å²) in [5.41, 5.74) is -1.30. The molecule has 0 amide bonds. The summed E-state index contributed by atoms with van der Waals surface area (Å²) in [6, 6.07) is 5.97. The zero-order chi connectivity index (χ0) is 34.6. The molecule has 4 fully saturated rings. The number of piperidine rings is 1. The van der Waals surface area contributed by atoms with Crippen LogP contribution < -0.4 is 9.64 Å². The SMILES string of the molecule is C#Cc1c(F)ccc2cc(O)cc(-c3ncc4c(N5CCOCC(C)(O)C5)nc(OCC56CCCC5N(CC5CCC5)CCC6)nc4c3F)c12. The predicted octanol–water partition coefficient (Wildman–Crippen LogP) is 6.21. The average molecular weight is 684 g/mol. The number of hydrogen-bond donors (Lipinski definition) is 2. The van der Waals surface area contributed by atoms with Crippen molar-refractivity contribution < 1.29 is 28.5 Å². The zero-order valence-corrected chi connectivity index (χ0v) is 28.4. The highest BCUT2D eigenvalue weighted by molar-refractivity contribution is 6.03. The van der Waals surface area contributed by atoms with Gasteiger partial charge in [0.1, 0.15) is 34.2 Å². The molecule has 2 N–H and O–H groups in total. The van der Waals surface area contributed by atoms with Crippen molar-refractivity contribution in [1.29, 1.82) is 0 Å². The third-order valence-corrected chi connectivity index (χ3v) is 11.5. The van der Waals surface area contributed by atoms with Gasteiger partial charge in [-0.3, -0.25) is 9.88 Å². The van der Waals surface area contributed by atoms with Gasteiger partial charge < -0.3 is 24.6 Å². The number of halogens is 2. The van der Waals surface area contributed by atoms with Gasteiger partial charge >= 0.3 is 6.01 Å². The van der Waals surface area contributed by atoms with Crippen LogP contribution in [0.15, 0.2) is 30.5 Å². The minimum absolute atomic E-state index is 0.0290. The zero-order valence-electron chi connectivity index (χ0n) is 28.4. The van der Waals surface area contributed by atoms with Crippen LogP contribution >= 0.6 is 0 Å². The lowest BCUT2D eigenvalue weighted by Crippen LogP contribution is -2.53. The number of aliphatic hydroxyl groups is 1. The summed E-state index contributed by atoms with van der Waals surface area (Å²) in [4.78, 5) is 18.6. The molecule has 11 heteroatoms. The van der Waals surface area contributed by atoms with Crippen molar-refractivity contribution >= 4 is 27.5 Å². The third-order valence-electron chi connectivity index (χ3n) is 11.5. The van der Waals surface area contributed by atoms with E-state index in [0.717, 1.165) is 51.1 Å². The van der Waals surface area contributed by atoms with Gasteiger partial charge in [0.25, 0.3) is 0 Å². The van der Waals surface area contributed by atoms with Gasteiger partial charge in [0.2, 0.25) is 0 Å². The molecule has 9 nitrogen and oxygen atoms in total. The molecule has 2 aromatic carbocycles. The molecular weight excluding hydrogens is 640 g/mol. The summed E-state index contributed by atoms with van der Waals surface area (Å²) in [7, 11) is 0. The van der Waals surface area contributed by atoms with Crippen LogP contribution in [0.25, 0.3) is 32.9 Å². The van der Waals surface area contributed by atoms with E-state index in [4.69, 9.17) is 20.9 Å². The largest absolute Gasteiger partial charge is 0.508 e. The Morgan fingerprint density at radius 1 is 1.10 bits per heavy atom. The Morgan fingerprint density at radius 3 is 2.74 bits per heavy atom. The van der Waals surface area contributed by atoms with Crippen molar-refractivity contribution in [1.82, 2.24) is 19.9 Å². The van der Waals surface area contributed by atoms with E-state index in [1.54, 1.807) is 6.92 Å². The minimum Gasteiger partial charge on any atom is -0.508 e. The fourth-order valence-corrected chi connectivity index (χ4v) is 8.90. The Labute approximate surface area is 290 Å². The number of ether oxygens (including phenoxy) is 2. The van der Waals surface area contributed by atoms with Crippen LogP contribution in [0.1, 0.15) is 63.9 Å². The van der Waals surface area contributed by atoms with E-state index in [-0.39, 0.29) is 58.1 Å². The van der Waals surface area contributed by atoms with Gasteiger partial charge in [-0.2, -0.15) is 9.97 Å². The molecule has 2 saturated carbocycles. The predicted molar refractivity (Wildman–Crippen MR) is 187 cm³/mol. The summed E-state index contributed by atoms with van der Waals surface area (Å²) in [5, 5.41) is 22.7. The Morgan fingerprint density at radius 2 is 1.94 bits per heavy atom. The maximum absolute atomic E-state index is 17.0. The van der Waals surface area contributed by atoms with Gasteiger partial charge in [-0.1, -0.05) is 24.8 Å². The smallest absolute Gasteiger partial charge is 0.319 e. The number of anilines is 1. The first-order valence-electron chi connectivity index (χ1n) is 17.9. The molecule has 262 valence electrons. The minimum atomic E-state index is -1.18. The number of phenolic OH excluding ortho intramolecular Hbond substituents is 1. The molecule has 4 heterocycles. The highest BCUT2D eigenvalue weighted by Crippen LogP contribution is 2.49. The first-order chi connectivity index (χ1) is 24.1. The van der Waals surface area contributed by atoms with E-state index < -0.39 is 17.2 Å². The summed E-state index contributed by atoms with van der Waals surface area (Å²) >= 11 is 0. The third kappa shape index (κ3) is 5.91. The lowest BCUT2D eigenvalue weighted by Gasteiger charge is -2.48. The normalized spacial score (nSPS) is 26.1. The van der Waals surface area contributed by atoms with Crippen molar-refractivity contribution in [2.75, 3.05) is 50.9 Å². The van der Waals surface area contributed by atoms with E-state index in [2.05, 4.69) is 20.8 Å². The first-order valence-corrected chi connectivity index (χ1v) is 17.9. The second-order valence-electron chi connectivity index (χ2n) is 15.1. The molecule has 3 atom stereocenters. The van der Waals surface area contributed by atoms with Gasteiger partial charge in [-0.25, -0.2) is 8.78 Å². The van der Waals surface area contributed by atoms with Crippen LogP contribution in [0.5, 0.6) is 11.8 Å². The summed E-state index contributed by atoms with van der Waals surface area (Å²) in [6.07, 6.45) is 16.7. The number of rotatable bonds is 7. The van der Waals surface area contributed by atoms with Crippen LogP contribution in [0.2, 0.25) is 0 Å². The van der Waals surface area contributed by atoms with Crippen molar-refractivity contribution in [3.05, 3.63) is 47.7 Å². The molecule has 0 bridgehead atoms. The van der Waals surface area contributed by atoms with Crippen LogP contribution in [-0.2, 0) is 4.74 Å². The Bertz CT molecular complexity index is 2000. The van der Waals surface area contributed by atoms with E-state index >= 15 is 4.39 Å². The van der Waals surface area contributed by atoms with Crippen molar-refractivity contribution in [3.8, 4) is 35.4 Å². The topological polar surface area (TPSA) is 104 Å². The van der Waals surface area contributed by atoms with Crippen molar-refractivity contribution in [2.24, 2.45) is 11.3 Å². The number of β-amino-alcohol motifs (C(OH)–C–C–N with tert-alkyl or cyclic N) is 1. The fraction of sp³-hybridized carbons (Fsp3) is 0.513. The number of hydrogen-bond acceptors (Lipinski definition) is 9. The molecule has 50 heavy (non-hydrogen) atoms. The van der Waals surface area contributed by atoms with Crippen LogP contribution in [0.4, 0.5) is 14.6 Å². The number of nitrogens with zero attached hydrogens (tertiary/aromatic N) is 5. The molecule has 0 radical (unpaired) electrons. The molecule has 0 spiro atoms. The molecule has 2 saturated heterocycles. The highest BCUT2D eigenvalue weighted by Gasteiger charge is 2.49. The number of pyridine rings is 1. The summed E-state index contributed by atoms with van der Waals surface area (Å²) < 4.78 is 44.1. The monoisotopic (exact) mass is 683 g/mol. The molecule has 8 rings (SSSR count). The van der Waals surface area contributed by atoms with Crippen molar-refractivity contribution in [2.45, 2.75) is 69.9 Å². The number of aromatic nitrogens is 3. The maximum atomic E-state index is 17.0. The van der Waals surface area contributed by atoms with Crippen LogP contribution in [0, 0.1) is 35.3 Å². The number of aromatic hydroxyl groups is 1. The number of benzene rings is 2. The van der Waals surface area contributed by atoms with E-state index in [1.807, 2.05) is 4.90 Å².